The minimum atomic E-state index is 0.276. The molecule has 4 N–H and O–H groups in total. The standard InChI is InChI=1S/C14H20N2O/c1-8(6-7-15)13-12(17)5-4-11-14(13)9(2)10(3)16-11/h4-5,8,16-17H,6-7,15H2,1-3H3. The second-order valence-electron chi connectivity index (χ2n) is 4.77. The number of aromatic nitrogens is 1. The van der Waals surface area contributed by atoms with Crippen molar-refractivity contribution in [3.63, 3.8) is 0 Å². The molecule has 1 heterocycles. The summed E-state index contributed by atoms with van der Waals surface area (Å²) in [5.74, 6) is 0.651. The van der Waals surface area contributed by atoms with E-state index in [2.05, 4.69) is 25.8 Å². The maximum absolute atomic E-state index is 10.1. The van der Waals surface area contributed by atoms with Gasteiger partial charge in [0.05, 0.1) is 0 Å². The first kappa shape index (κ1) is 12.0. The van der Waals surface area contributed by atoms with E-state index in [1.165, 1.54) is 5.56 Å². The molecule has 17 heavy (non-hydrogen) atoms. The number of H-pyrrole nitrogens is 1. The summed E-state index contributed by atoms with van der Waals surface area (Å²) in [5.41, 5.74) is 10.1. The quantitative estimate of drug-likeness (QED) is 0.762. The number of aromatic amines is 1. The fourth-order valence-electron chi connectivity index (χ4n) is 2.49. The summed E-state index contributed by atoms with van der Waals surface area (Å²) in [4.78, 5) is 3.35. The van der Waals surface area contributed by atoms with Crippen molar-refractivity contribution in [1.82, 2.24) is 4.98 Å². The van der Waals surface area contributed by atoms with E-state index in [9.17, 15) is 5.11 Å². The van der Waals surface area contributed by atoms with Crippen LogP contribution in [0.1, 0.15) is 36.1 Å². The van der Waals surface area contributed by atoms with E-state index in [1.54, 1.807) is 6.07 Å². The zero-order valence-corrected chi connectivity index (χ0v) is 10.7. The third-order valence-electron chi connectivity index (χ3n) is 3.57. The Balaban J connectivity index is 2.70. The van der Waals surface area contributed by atoms with Crippen LogP contribution in [0.25, 0.3) is 10.9 Å². The van der Waals surface area contributed by atoms with Gasteiger partial charge < -0.3 is 15.8 Å². The van der Waals surface area contributed by atoms with Crippen LogP contribution in [-0.4, -0.2) is 16.6 Å². The van der Waals surface area contributed by atoms with E-state index in [-0.39, 0.29) is 5.92 Å². The van der Waals surface area contributed by atoms with Gasteiger partial charge in [0.25, 0.3) is 0 Å². The molecule has 92 valence electrons. The van der Waals surface area contributed by atoms with Crippen molar-refractivity contribution in [2.75, 3.05) is 6.54 Å². The molecule has 2 rings (SSSR count). The molecule has 1 aromatic carbocycles. The Morgan fingerprint density at radius 2 is 2.06 bits per heavy atom. The van der Waals surface area contributed by atoms with E-state index in [0.29, 0.717) is 12.3 Å². The van der Waals surface area contributed by atoms with Gasteiger partial charge in [-0.15, -0.1) is 0 Å². The van der Waals surface area contributed by atoms with Crippen LogP contribution in [0.5, 0.6) is 5.75 Å². The molecular formula is C14H20N2O. The summed E-state index contributed by atoms with van der Waals surface area (Å²) in [7, 11) is 0. The van der Waals surface area contributed by atoms with Crippen molar-refractivity contribution in [2.24, 2.45) is 5.73 Å². The van der Waals surface area contributed by atoms with Crippen molar-refractivity contribution in [2.45, 2.75) is 33.1 Å². The van der Waals surface area contributed by atoms with Crippen LogP contribution in [0.15, 0.2) is 12.1 Å². The highest BCUT2D eigenvalue weighted by atomic mass is 16.3. The van der Waals surface area contributed by atoms with Crippen molar-refractivity contribution in [1.29, 1.82) is 0 Å². The Kier molecular flexibility index (Phi) is 3.11. The van der Waals surface area contributed by atoms with Gasteiger partial charge in [-0.1, -0.05) is 6.92 Å². The molecule has 0 bridgehead atoms. The van der Waals surface area contributed by atoms with E-state index >= 15 is 0 Å². The normalized spacial score (nSPS) is 13.2. The van der Waals surface area contributed by atoms with Gasteiger partial charge in [0, 0.05) is 22.2 Å². The van der Waals surface area contributed by atoms with Gasteiger partial charge in [-0.25, -0.2) is 0 Å². The van der Waals surface area contributed by atoms with Gasteiger partial charge in [0.1, 0.15) is 5.75 Å². The Morgan fingerprint density at radius 1 is 1.35 bits per heavy atom. The first-order valence-electron chi connectivity index (χ1n) is 6.07. The largest absolute Gasteiger partial charge is 0.508 e. The topological polar surface area (TPSA) is 62.0 Å². The maximum Gasteiger partial charge on any atom is 0.119 e. The number of hydrogen-bond acceptors (Lipinski definition) is 2. The van der Waals surface area contributed by atoms with Gasteiger partial charge in [-0.05, 0) is 50.4 Å². The molecule has 3 heteroatoms. The molecule has 0 amide bonds. The first-order valence-corrected chi connectivity index (χ1v) is 6.07. The lowest BCUT2D eigenvalue weighted by atomic mass is 9.92. The predicted octanol–water partition coefficient (Wildman–Crippen LogP) is 2.94. The predicted molar refractivity (Wildman–Crippen MR) is 71.5 cm³/mol. The average Bonchev–Trinajstić information content (AvgIpc) is 2.56. The Bertz CT molecular complexity index is 543. The van der Waals surface area contributed by atoms with Crippen molar-refractivity contribution in [3.05, 3.63) is 29.0 Å². The summed E-state index contributed by atoms with van der Waals surface area (Å²) in [6.45, 7) is 6.90. The van der Waals surface area contributed by atoms with Gasteiger partial charge in [-0.2, -0.15) is 0 Å². The molecule has 0 fully saturated rings. The van der Waals surface area contributed by atoms with Crippen molar-refractivity contribution in [3.8, 4) is 5.75 Å². The summed E-state index contributed by atoms with van der Waals surface area (Å²) >= 11 is 0. The van der Waals surface area contributed by atoms with Crippen LogP contribution < -0.4 is 5.73 Å². The SMILES string of the molecule is Cc1[nH]c2ccc(O)c(C(C)CCN)c2c1C. The fourth-order valence-corrected chi connectivity index (χ4v) is 2.49. The summed E-state index contributed by atoms with van der Waals surface area (Å²) < 4.78 is 0. The molecule has 0 aliphatic heterocycles. The third kappa shape index (κ3) is 1.91. The van der Waals surface area contributed by atoms with Gasteiger partial charge in [0.2, 0.25) is 0 Å². The highest BCUT2D eigenvalue weighted by Gasteiger charge is 2.17. The minimum Gasteiger partial charge on any atom is -0.508 e. The molecule has 0 aliphatic carbocycles. The van der Waals surface area contributed by atoms with Crippen LogP contribution in [0, 0.1) is 13.8 Å². The lowest BCUT2D eigenvalue weighted by Gasteiger charge is -2.14. The number of benzene rings is 1. The number of rotatable bonds is 3. The lowest BCUT2D eigenvalue weighted by molar-refractivity contribution is 0.462. The van der Waals surface area contributed by atoms with Gasteiger partial charge >= 0.3 is 0 Å². The molecule has 1 atom stereocenters. The van der Waals surface area contributed by atoms with Crippen LogP contribution in [0.4, 0.5) is 0 Å². The number of nitrogens with one attached hydrogen (secondary N) is 1. The Labute approximate surface area is 102 Å². The summed E-state index contributed by atoms with van der Waals surface area (Å²) in [5, 5.41) is 11.2. The monoisotopic (exact) mass is 232 g/mol. The minimum absolute atomic E-state index is 0.276. The highest BCUT2D eigenvalue weighted by Crippen LogP contribution is 2.37. The second-order valence-corrected chi connectivity index (χ2v) is 4.77. The number of fused-ring (bicyclic) bond motifs is 1. The van der Waals surface area contributed by atoms with Crippen LogP contribution in [0.3, 0.4) is 0 Å². The third-order valence-corrected chi connectivity index (χ3v) is 3.57. The number of phenols is 1. The zero-order valence-electron chi connectivity index (χ0n) is 10.7. The summed E-state index contributed by atoms with van der Waals surface area (Å²) in [6.07, 6.45) is 0.885. The number of hydrogen-bond donors (Lipinski definition) is 3. The molecule has 0 saturated heterocycles. The van der Waals surface area contributed by atoms with Gasteiger partial charge in [0.15, 0.2) is 0 Å². The smallest absolute Gasteiger partial charge is 0.119 e. The first-order chi connectivity index (χ1) is 8.06. The van der Waals surface area contributed by atoms with Crippen LogP contribution in [0.2, 0.25) is 0 Å². The number of phenolic OH excluding ortho intramolecular Hbond substituents is 1. The Hall–Kier alpha value is -1.48. The maximum atomic E-state index is 10.1. The molecule has 1 unspecified atom stereocenters. The highest BCUT2D eigenvalue weighted by molar-refractivity contribution is 5.90. The molecule has 3 nitrogen and oxygen atoms in total. The second kappa shape index (κ2) is 4.41. The zero-order chi connectivity index (χ0) is 12.6. The van der Waals surface area contributed by atoms with Gasteiger partial charge in [-0.3, -0.25) is 0 Å². The van der Waals surface area contributed by atoms with Crippen LogP contribution in [-0.2, 0) is 0 Å². The van der Waals surface area contributed by atoms with E-state index in [0.717, 1.165) is 28.6 Å². The summed E-state index contributed by atoms with van der Waals surface area (Å²) in [6, 6.07) is 3.70. The number of aryl methyl sites for hydroxylation is 2. The Morgan fingerprint density at radius 3 is 2.71 bits per heavy atom. The fraction of sp³-hybridized carbons (Fsp3) is 0.429. The molecule has 0 aliphatic rings. The number of aromatic hydroxyl groups is 1. The molecule has 0 spiro atoms. The molecular weight excluding hydrogens is 212 g/mol. The van der Waals surface area contributed by atoms with Crippen molar-refractivity contribution >= 4 is 10.9 Å². The van der Waals surface area contributed by atoms with Crippen molar-refractivity contribution < 1.29 is 5.11 Å². The van der Waals surface area contributed by atoms with Crippen LogP contribution >= 0.6 is 0 Å². The van der Waals surface area contributed by atoms with E-state index in [4.69, 9.17) is 5.73 Å². The molecule has 0 radical (unpaired) electrons. The average molecular weight is 232 g/mol. The van der Waals surface area contributed by atoms with E-state index in [1.807, 2.05) is 6.07 Å². The van der Waals surface area contributed by atoms with E-state index < -0.39 is 0 Å². The molecule has 1 aromatic heterocycles. The number of nitrogens with two attached hydrogens (primary N) is 1. The molecule has 2 aromatic rings. The molecule has 0 saturated carbocycles. The lowest BCUT2D eigenvalue weighted by Crippen LogP contribution is -2.05.